The molecule has 0 N–H and O–H groups in total. The Morgan fingerprint density at radius 2 is 2.27 bits per heavy atom. The van der Waals surface area contributed by atoms with Crippen molar-refractivity contribution >= 4 is 45.0 Å². The highest BCUT2D eigenvalue weighted by Gasteiger charge is 2.51. The summed E-state index contributed by atoms with van der Waals surface area (Å²) >= 11 is 1.68. The molecule has 0 saturated heterocycles. The van der Waals surface area contributed by atoms with Crippen LogP contribution in [0, 0.1) is 11.3 Å². The van der Waals surface area contributed by atoms with Gasteiger partial charge in [-0.2, -0.15) is 0 Å². The normalized spacial score (nSPS) is 26.0. The molecule has 2 aromatic heterocycles. The molecule has 4 nitrogen and oxygen atoms in total. The molecular formula is C21H22N4S. The second-order valence-electron chi connectivity index (χ2n) is 7.57. The first-order chi connectivity index (χ1) is 12.5. The lowest BCUT2D eigenvalue weighted by Gasteiger charge is -2.28. The van der Waals surface area contributed by atoms with E-state index in [9.17, 15) is 0 Å². The lowest BCUT2D eigenvalue weighted by atomic mass is 9.95. The minimum Gasteiger partial charge on any atom is -0.377 e. The molecule has 3 aliphatic rings. The molecule has 3 heterocycles. The van der Waals surface area contributed by atoms with E-state index in [1.54, 1.807) is 11.3 Å². The average Bonchev–Trinajstić information content (AvgIpc) is 3.25. The molecular weight excluding hydrogens is 340 g/mol. The first-order valence-electron chi connectivity index (χ1n) is 9.06. The maximum atomic E-state index is 4.82. The Bertz CT molecular complexity index is 1030. The Morgan fingerprint density at radius 1 is 1.42 bits per heavy atom. The van der Waals surface area contributed by atoms with E-state index < -0.39 is 0 Å². The smallest absolute Gasteiger partial charge is 0.128 e. The molecule has 5 rings (SSSR count). The van der Waals surface area contributed by atoms with Crippen LogP contribution in [0.5, 0.6) is 0 Å². The Morgan fingerprint density at radius 3 is 3.00 bits per heavy atom. The van der Waals surface area contributed by atoms with Crippen LogP contribution >= 0.6 is 11.3 Å². The molecule has 1 aliphatic heterocycles. The maximum absolute atomic E-state index is 4.82. The predicted molar refractivity (Wildman–Crippen MR) is 111 cm³/mol. The van der Waals surface area contributed by atoms with E-state index in [-0.39, 0.29) is 0 Å². The third kappa shape index (κ3) is 2.07. The number of pyridine rings is 1. The van der Waals surface area contributed by atoms with Crippen molar-refractivity contribution < 1.29 is 0 Å². The summed E-state index contributed by atoms with van der Waals surface area (Å²) in [5.74, 6) is 0.666. The fourth-order valence-electron chi connectivity index (χ4n) is 4.17. The first kappa shape index (κ1) is 15.8. The molecule has 1 saturated carbocycles. The minimum atomic E-state index is 0.422. The first-order valence-corrected chi connectivity index (χ1v) is 9.88. The van der Waals surface area contributed by atoms with E-state index in [1.807, 2.05) is 18.6 Å². The standard InChI is InChI=1S/C21H22N4S/c1-5-21-8-6-15(10-14(21)11-21)25-12-23-18-17-16(24(3)4)7-9-22-20(17)26-19(18)13(25)2/h6-10,12,14H,2,5,11H2,1,3-4H3. The van der Waals surface area contributed by atoms with Gasteiger partial charge in [0.05, 0.1) is 27.3 Å². The summed E-state index contributed by atoms with van der Waals surface area (Å²) in [5, 5.41) is 1.12. The van der Waals surface area contributed by atoms with Crippen molar-refractivity contribution in [3.05, 3.63) is 47.6 Å². The highest BCUT2D eigenvalue weighted by atomic mass is 32.1. The van der Waals surface area contributed by atoms with Crippen LogP contribution in [0.4, 0.5) is 11.4 Å². The van der Waals surface area contributed by atoms with E-state index in [0.717, 1.165) is 32.2 Å². The fourth-order valence-corrected chi connectivity index (χ4v) is 5.24. The summed E-state index contributed by atoms with van der Waals surface area (Å²) in [6.07, 6.45) is 13.3. The zero-order valence-electron chi connectivity index (χ0n) is 15.4. The van der Waals surface area contributed by atoms with Gasteiger partial charge in [-0.15, -0.1) is 11.3 Å². The zero-order chi connectivity index (χ0) is 18.1. The van der Waals surface area contributed by atoms with Crippen LogP contribution in [0.25, 0.3) is 15.9 Å². The van der Waals surface area contributed by atoms with Crippen molar-refractivity contribution in [1.82, 2.24) is 9.88 Å². The highest BCUT2D eigenvalue weighted by Crippen LogP contribution is 2.60. The van der Waals surface area contributed by atoms with Gasteiger partial charge in [0.25, 0.3) is 0 Å². The van der Waals surface area contributed by atoms with E-state index >= 15 is 0 Å². The molecule has 26 heavy (non-hydrogen) atoms. The number of nitrogens with zero attached hydrogens (tertiary/aromatic N) is 4. The van der Waals surface area contributed by atoms with Gasteiger partial charge in [0.15, 0.2) is 0 Å². The summed E-state index contributed by atoms with van der Waals surface area (Å²) < 4.78 is 0. The number of fused-ring (bicyclic) bond motifs is 4. The van der Waals surface area contributed by atoms with Gasteiger partial charge in [0.2, 0.25) is 0 Å². The van der Waals surface area contributed by atoms with Crippen LogP contribution < -0.4 is 4.90 Å². The van der Waals surface area contributed by atoms with Crippen LogP contribution in [0.15, 0.2) is 47.8 Å². The summed E-state index contributed by atoms with van der Waals surface area (Å²) in [7, 11) is 4.11. The van der Waals surface area contributed by atoms with E-state index in [2.05, 4.69) is 60.6 Å². The van der Waals surface area contributed by atoms with E-state index in [1.165, 1.54) is 18.5 Å². The van der Waals surface area contributed by atoms with E-state index in [0.29, 0.717) is 11.3 Å². The van der Waals surface area contributed by atoms with Crippen molar-refractivity contribution in [1.29, 1.82) is 0 Å². The van der Waals surface area contributed by atoms with Gasteiger partial charge in [-0.25, -0.2) is 9.98 Å². The van der Waals surface area contributed by atoms with Crippen LogP contribution in [0.2, 0.25) is 0 Å². The van der Waals surface area contributed by atoms with Crippen molar-refractivity contribution in [3.8, 4) is 0 Å². The Kier molecular flexibility index (Phi) is 3.23. The van der Waals surface area contributed by atoms with Gasteiger partial charge in [0.1, 0.15) is 11.2 Å². The van der Waals surface area contributed by atoms with Crippen molar-refractivity contribution in [2.45, 2.75) is 19.8 Å². The van der Waals surface area contributed by atoms with Gasteiger partial charge in [0, 0.05) is 26.0 Å². The topological polar surface area (TPSA) is 31.7 Å². The Balaban J connectivity index is 1.57. The Hall–Kier alpha value is -2.40. The molecule has 2 unspecified atom stereocenters. The van der Waals surface area contributed by atoms with Gasteiger partial charge in [-0.3, -0.25) is 0 Å². The third-order valence-corrected chi connectivity index (χ3v) is 7.09. The lowest BCUT2D eigenvalue weighted by Crippen LogP contribution is -2.22. The fraction of sp³-hybridized carbons (Fsp3) is 0.333. The number of thiophene rings is 1. The quantitative estimate of drug-likeness (QED) is 0.754. The number of rotatable bonds is 3. The van der Waals surface area contributed by atoms with Gasteiger partial charge < -0.3 is 9.80 Å². The number of hydrogen-bond acceptors (Lipinski definition) is 5. The van der Waals surface area contributed by atoms with Crippen LogP contribution in [-0.2, 0) is 0 Å². The summed E-state index contributed by atoms with van der Waals surface area (Å²) in [5.41, 5.74) is 4.74. The van der Waals surface area contributed by atoms with Gasteiger partial charge in [-0.1, -0.05) is 25.7 Å². The van der Waals surface area contributed by atoms with Crippen molar-refractivity contribution in [2.75, 3.05) is 19.0 Å². The molecule has 2 atom stereocenters. The van der Waals surface area contributed by atoms with Crippen molar-refractivity contribution in [2.24, 2.45) is 16.3 Å². The molecule has 2 aliphatic carbocycles. The van der Waals surface area contributed by atoms with Gasteiger partial charge in [-0.05, 0) is 36.3 Å². The number of aromatic nitrogens is 1. The number of aliphatic imine (C=N–C) groups is 1. The third-order valence-electron chi connectivity index (χ3n) is 5.95. The Labute approximate surface area is 157 Å². The lowest BCUT2D eigenvalue weighted by molar-refractivity contribution is 0.573. The SMILES string of the molecule is C=C1c2sc3nccc(N(C)C)c3c2N=CN1C1=CC2CC2(CC)C=C1. The summed E-state index contributed by atoms with van der Waals surface area (Å²) in [6.45, 7) is 6.67. The molecule has 0 amide bonds. The molecule has 2 aromatic rings. The summed E-state index contributed by atoms with van der Waals surface area (Å²) in [6, 6.07) is 2.05. The molecule has 1 fully saturated rings. The molecule has 0 spiro atoms. The molecule has 132 valence electrons. The molecule has 5 heteroatoms. The average molecular weight is 363 g/mol. The maximum Gasteiger partial charge on any atom is 0.128 e. The largest absolute Gasteiger partial charge is 0.377 e. The van der Waals surface area contributed by atoms with Crippen LogP contribution in [0.3, 0.4) is 0 Å². The number of anilines is 1. The zero-order valence-corrected chi connectivity index (χ0v) is 16.2. The second kappa shape index (κ2) is 5.30. The summed E-state index contributed by atoms with van der Waals surface area (Å²) in [4.78, 5) is 15.8. The monoisotopic (exact) mass is 362 g/mol. The molecule has 0 aromatic carbocycles. The van der Waals surface area contributed by atoms with Crippen LogP contribution in [0.1, 0.15) is 24.6 Å². The predicted octanol–water partition coefficient (Wildman–Crippen LogP) is 5.18. The molecule has 0 bridgehead atoms. The number of allylic oxidation sites excluding steroid dienone is 3. The van der Waals surface area contributed by atoms with E-state index in [4.69, 9.17) is 4.99 Å². The molecule has 0 radical (unpaired) electrons. The van der Waals surface area contributed by atoms with Crippen molar-refractivity contribution in [3.63, 3.8) is 0 Å². The van der Waals surface area contributed by atoms with Crippen LogP contribution in [-0.4, -0.2) is 30.3 Å². The highest BCUT2D eigenvalue weighted by molar-refractivity contribution is 7.20. The minimum absolute atomic E-state index is 0.422. The second-order valence-corrected chi connectivity index (χ2v) is 8.57. The number of hydrogen-bond donors (Lipinski definition) is 0. The van der Waals surface area contributed by atoms with Gasteiger partial charge >= 0.3 is 0 Å².